The molecule has 0 saturated heterocycles. The molecule has 6 nitrogen and oxygen atoms in total. The van der Waals surface area contributed by atoms with Crippen LogP contribution < -0.4 is 4.80 Å². The number of carbonyl (C=O) groups is 1. The monoisotopic (exact) mass is 491 g/mol. The van der Waals surface area contributed by atoms with Gasteiger partial charge in [0, 0.05) is 25.2 Å². The van der Waals surface area contributed by atoms with Crippen molar-refractivity contribution in [2.24, 2.45) is 12.0 Å². The molecule has 0 N–H and O–H groups in total. The first-order valence-electron chi connectivity index (χ1n) is 10.8. The number of hydrogen-bond donors (Lipinski definition) is 0. The number of thiazole rings is 1. The predicted octanol–water partition coefficient (Wildman–Crippen LogP) is 4.98. The Morgan fingerprint density at radius 3 is 2.47 bits per heavy atom. The van der Waals surface area contributed by atoms with Gasteiger partial charge in [-0.15, -0.1) is 0 Å². The molecule has 1 aliphatic rings. The minimum absolute atomic E-state index is 0.0508. The third-order valence-corrected chi connectivity index (χ3v) is 9.42. The first kappa shape index (κ1) is 23.2. The summed E-state index contributed by atoms with van der Waals surface area (Å²) in [5.41, 5.74) is 1.17. The molecular formula is C23H26ClN3O3S2. The van der Waals surface area contributed by atoms with Crippen molar-refractivity contribution in [1.82, 2.24) is 8.87 Å². The Kier molecular flexibility index (Phi) is 6.86. The van der Waals surface area contributed by atoms with Crippen LogP contribution >= 0.6 is 22.9 Å². The van der Waals surface area contributed by atoms with Gasteiger partial charge in [-0.05, 0) is 49.2 Å². The second kappa shape index (κ2) is 9.47. The maximum Gasteiger partial charge on any atom is 0.279 e. The van der Waals surface area contributed by atoms with E-state index in [4.69, 9.17) is 11.6 Å². The van der Waals surface area contributed by atoms with Gasteiger partial charge in [0.1, 0.15) is 0 Å². The first-order valence-corrected chi connectivity index (χ1v) is 13.4. The quantitative estimate of drug-likeness (QED) is 0.505. The molecule has 32 heavy (non-hydrogen) atoms. The highest BCUT2D eigenvalue weighted by Crippen LogP contribution is 2.28. The Morgan fingerprint density at radius 2 is 1.84 bits per heavy atom. The highest BCUT2D eigenvalue weighted by Gasteiger charge is 2.31. The molecule has 0 spiro atoms. The number of rotatable bonds is 5. The minimum Gasteiger partial charge on any atom is -0.318 e. The van der Waals surface area contributed by atoms with Crippen LogP contribution in [0, 0.1) is 0 Å². The van der Waals surface area contributed by atoms with E-state index < -0.39 is 15.9 Å². The molecule has 1 aliphatic carbocycles. The van der Waals surface area contributed by atoms with Crippen molar-refractivity contribution >= 4 is 49.1 Å². The molecule has 1 heterocycles. The highest BCUT2D eigenvalue weighted by molar-refractivity contribution is 7.89. The third kappa shape index (κ3) is 4.41. The summed E-state index contributed by atoms with van der Waals surface area (Å²) < 4.78 is 30.8. The van der Waals surface area contributed by atoms with E-state index in [1.165, 1.54) is 35.6 Å². The minimum atomic E-state index is -3.61. The van der Waals surface area contributed by atoms with Crippen LogP contribution in [-0.4, -0.2) is 35.8 Å². The molecule has 2 aromatic carbocycles. The zero-order valence-corrected chi connectivity index (χ0v) is 20.5. The van der Waals surface area contributed by atoms with Crippen molar-refractivity contribution in [2.45, 2.75) is 50.0 Å². The van der Waals surface area contributed by atoms with E-state index in [0.29, 0.717) is 21.9 Å². The van der Waals surface area contributed by atoms with E-state index in [1.807, 2.05) is 26.1 Å². The molecular weight excluding hydrogens is 466 g/mol. The van der Waals surface area contributed by atoms with Gasteiger partial charge in [0.2, 0.25) is 10.0 Å². The van der Waals surface area contributed by atoms with Crippen molar-refractivity contribution in [2.75, 3.05) is 6.54 Å². The number of sulfonamides is 1. The summed E-state index contributed by atoms with van der Waals surface area (Å²) in [6.07, 6.45) is 5.09. The number of hydrogen-bond acceptors (Lipinski definition) is 4. The molecule has 0 atom stereocenters. The second-order valence-electron chi connectivity index (χ2n) is 7.97. The van der Waals surface area contributed by atoms with Crippen molar-refractivity contribution in [3.63, 3.8) is 0 Å². The molecule has 9 heteroatoms. The van der Waals surface area contributed by atoms with Gasteiger partial charge in [0.15, 0.2) is 4.80 Å². The number of halogens is 1. The molecule has 1 fully saturated rings. The van der Waals surface area contributed by atoms with E-state index >= 15 is 0 Å². The van der Waals surface area contributed by atoms with Crippen LogP contribution in [0.1, 0.15) is 49.4 Å². The Labute approximate surface area is 197 Å². The zero-order chi connectivity index (χ0) is 22.9. The topological polar surface area (TPSA) is 71.7 Å². The summed E-state index contributed by atoms with van der Waals surface area (Å²) in [5.74, 6) is -0.424. The van der Waals surface area contributed by atoms with Crippen molar-refractivity contribution < 1.29 is 13.2 Å². The summed E-state index contributed by atoms with van der Waals surface area (Å²) >= 11 is 7.66. The van der Waals surface area contributed by atoms with Gasteiger partial charge in [0.25, 0.3) is 5.91 Å². The summed E-state index contributed by atoms with van der Waals surface area (Å²) in [6, 6.07) is 11.7. The van der Waals surface area contributed by atoms with Crippen LogP contribution in [0.15, 0.2) is 52.4 Å². The highest BCUT2D eigenvalue weighted by atomic mass is 35.5. The number of aromatic nitrogens is 1. The molecule has 1 aromatic heterocycles. The van der Waals surface area contributed by atoms with E-state index in [1.54, 1.807) is 14.9 Å². The van der Waals surface area contributed by atoms with E-state index in [0.717, 1.165) is 42.3 Å². The lowest BCUT2D eigenvalue weighted by molar-refractivity contribution is 0.0998. The molecule has 0 bridgehead atoms. The Hall–Kier alpha value is -2.00. The maximum absolute atomic E-state index is 13.2. The number of carbonyl (C=O) groups excluding carboxylic acids is 1. The molecule has 0 unspecified atom stereocenters. The number of para-hydroxylation sites is 1. The Morgan fingerprint density at radius 1 is 1.16 bits per heavy atom. The molecule has 1 saturated carbocycles. The average Bonchev–Trinajstić information content (AvgIpc) is 3.11. The number of nitrogens with zero attached hydrogens (tertiary/aromatic N) is 3. The normalized spacial score (nSPS) is 16.2. The van der Waals surface area contributed by atoms with Gasteiger partial charge in [-0.2, -0.15) is 9.30 Å². The van der Waals surface area contributed by atoms with Crippen LogP contribution in [0.5, 0.6) is 0 Å². The predicted molar refractivity (Wildman–Crippen MR) is 129 cm³/mol. The molecule has 0 aliphatic heterocycles. The standard InChI is InChI=1S/C23H26ClN3O3S2/c1-3-27(17-8-5-4-6-9-17)32(29,30)18-14-12-16(13-15-18)22(28)25-23-26(2)21-19(24)10-7-11-20(21)31-23/h7,10-15,17H,3-6,8-9H2,1-2H3. The lowest BCUT2D eigenvalue weighted by atomic mass is 9.95. The first-order chi connectivity index (χ1) is 15.3. The van der Waals surface area contributed by atoms with E-state index in [-0.39, 0.29) is 10.9 Å². The van der Waals surface area contributed by atoms with Gasteiger partial charge in [-0.1, -0.05) is 55.2 Å². The molecule has 1 amide bonds. The SMILES string of the molecule is CCN(C1CCCCC1)S(=O)(=O)c1ccc(C(=O)N=c2sc3cccc(Cl)c3n2C)cc1. The zero-order valence-electron chi connectivity index (χ0n) is 18.1. The van der Waals surface area contributed by atoms with Gasteiger partial charge >= 0.3 is 0 Å². The maximum atomic E-state index is 13.2. The third-order valence-electron chi connectivity index (χ3n) is 5.97. The van der Waals surface area contributed by atoms with Gasteiger partial charge in [-0.3, -0.25) is 4.79 Å². The summed E-state index contributed by atoms with van der Waals surface area (Å²) in [7, 11) is -1.79. The number of fused-ring (bicyclic) bond motifs is 1. The molecule has 0 radical (unpaired) electrons. The van der Waals surface area contributed by atoms with Crippen molar-refractivity contribution in [3.8, 4) is 0 Å². The lowest BCUT2D eigenvalue weighted by Crippen LogP contribution is -2.41. The summed E-state index contributed by atoms with van der Waals surface area (Å²) in [6.45, 7) is 2.31. The fraction of sp³-hybridized carbons (Fsp3) is 0.391. The fourth-order valence-corrected chi connectivity index (χ4v) is 7.41. The van der Waals surface area contributed by atoms with Gasteiger partial charge < -0.3 is 4.57 Å². The summed E-state index contributed by atoms with van der Waals surface area (Å²) in [5, 5.41) is 0.600. The van der Waals surface area contributed by atoms with Crippen LogP contribution in [-0.2, 0) is 17.1 Å². The Bertz CT molecular complexity index is 1300. The number of amides is 1. The summed E-state index contributed by atoms with van der Waals surface area (Å²) in [4.78, 5) is 17.7. The second-order valence-corrected chi connectivity index (χ2v) is 11.3. The lowest BCUT2D eigenvalue weighted by Gasteiger charge is -2.32. The van der Waals surface area contributed by atoms with Crippen molar-refractivity contribution in [3.05, 3.63) is 57.9 Å². The van der Waals surface area contributed by atoms with E-state index in [2.05, 4.69) is 4.99 Å². The van der Waals surface area contributed by atoms with Crippen LogP contribution in [0.4, 0.5) is 0 Å². The smallest absolute Gasteiger partial charge is 0.279 e. The molecule has 170 valence electrons. The number of benzene rings is 2. The van der Waals surface area contributed by atoms with Gasteiger partial charge in [-0.25, -0.2) is 8.42 Å². The van der Waals surface area contributed by atoms with E-state index in [9.17, 15) is 13.2 Å². The molecule has 3 aromatic rings. The van der Waals surface area contributed by atoms with Crippen molar-refractivity contribution in [1.29, 1.82) is 0 Å². The van der Waals surface area contributed by atoms with Crippen LogP contribution in [0.2, 0.25) is 5.02 Å². The largest absolute Gasteiger partial charge is 0.318 e. The fourth-order valence-electron chi connectivity index (χ4n) is 4.31. The van der Waals surface area contributed by atoms with Crippen LogP contribution in [0.25, 0.3) is 10.2 Å². The van der Waals surface area contributed by atoms with Gasteiger partial charge in [0.05, 0.1) is 20.1 Å². The Balaban J connectivity index is 1.61. The average molecular weight is 492 g/mol. The molecule has 4 rings (SSSR count). The number of aryl methyl sites for hydroxylation is 1. The van der Waals surface area contributed by atoms with Crippen LogP contribution in [0.3, 0.4) is 0 Å².